The Labute approximate surface area is 348 Å². The fourth-order valence-electron chi connectivity index (χ4n) is 7.93. The summed E-state index contributed by atoms with van der Waals surface area (Å²) in [6, 6.07) is 42.6. The zero-order chi connectivity index (χ0) is 34.9. The second-order valence-corrected chi connectivity index (χ2v) is 20.0. The molecule has 0 aliphatic heterocycles. The summed E-state index contributed by atoms with van der Waals surface area (Å²) in [5, 5.41) is 0. The summed E-state index contributed by atoms with van der Waals surface area (Å²) in [6.45, 7) is 9.07. The van der Waals surface area contributed by atoms with Crippen molar-refractivity contribution in [3.05, 3.63) is 162 Å². The number of allylic oxidation sites excluding steroid dienone is 2. The van der Waals surface area contributed by atoms with Gasteiger partial charge in [-0.05, 0) is 0 Å². The van der Waals surface area contributed by atoms with E-state index in [9.17, 15) is 0 Å². The minimum atomic E-state index is -1.18. The molecule has 0 fully saturated rings. The normalized spacial score (nSPS) is 15.5. The van der Waals surface area contributed by atoms with Gasteiger partial charge in [0, 0.05) is 0 Å². The topological polar surface area (TPSA) is 0 Å². The molecule has 53 heavy (non-hydrogen) atoms. The van der Waals surface area contributed by atoms with E-state index in [1.165, 1.54) is 76.9 Å². The number of halogens is 2. The third kappa shape index (κ3) is 7.99. The SMILES string of the molecule is CCCc1ccc(C2=Cc3c(-c4ccc(CC)cc4)cccc3[CH]2[Zr+2][CH]2C(c3ccc(CCC)s3)=Cc3c(-c4ccc(CC)cc4)cccc32)s1.[Cl-].[Cl-]. The largest absolute Gasteiger partial charge is 1.00 e. The van der Waals surface area contributed by atoms with Crippen LogP contribution in [0, 0.1) is 0 Å². The van der Waals surface area contributed by atoms with Crippen LogP contribution in [0.1, 0.15) is 101 Å². The van der Waals surface area contributed by atoms with Crippen molar-refractivity contribution in [3.8, 4) is 22.3 Å². The average Bonchev–Trinajstić information content (AvgIpc) is 3.98. The molecular weight excluding hydrogens is 803 g/mol. The molecule has 0 N–H and O–H groups in total. The van der Waals surface area contributed by atoms with Gasteiger partial charge in [-0.2, -0.15) is 0 Å². The first-order chi connectivity index (χ1) is 25.1. The van der Waals surface area contributed by atoms with Gasteiger partial charge in [0.15, 0.2) is 0 Å². The Bertz CT molecular complexity index is 2080. The Hall–Kier alpha value is -2.78. The molecule has 2 aliphatic carbocycles. The third-order valence-corrected chi connectivity index (χ3v) is 17.8. The van der Waals surface area contributed by atoms with Gasteiger partial charge in [-0.15, -0.1) is 0 Å². The fourth-order valence-corrected chi connectivity index (χ4v) is 15.7. The fraction of sp³-hybridized carbons (Fsp3) is 0.250. The molecule has 8 rings (SSSR count). The Balaban J connectivity index is 0.00000240. The van der Waals surface area contributed by atoms with Crippen LogP contribution >= 0.6 is 22.7 Å². The minimum absolute atomic E-state index is 0. The predicted octanol–water partition coefficient (Wildman–Crippen LogP) is 8.15. The van der Waals surface area contributed by atoms with Crippen LogP contribution < -0.4 is 24.8 Å². The molecule has 2 aromatic heterocycles. The first-order valence-corrected chi connectivity index (χ1v) is 23.4. The molecule has 4 aromatic carbocycles. The second kappa shape index (κ2) is 17.8. The van der Waals surface area contributed by atoms with Crippen molar-refractivity contribution in [2.45, 2.75) is 73.5 Å². The van der Waals surface area contributed by atoms with Crippen LogP contribution in [-0.2, 0) is 48.9 Å². The van der Waals surface area contributed by atoms with Crippen LogP contribution in [0.5, 0.6) is 0 Å². The standard InChI is InChI=1S/2C24H23S.2ClH.Zr/c2*1-3-6-21-13-14-24(25-21)20-15-19-7-5-8-22(23(19)16-20)18-11-9-17(4-2)10-12-18;;;/h2*5,7-16H,3-4,6H2,1-2H3;2*1H;/q;;;;+2/p-2. The Morgan fingerprint density at radius 2 is 0.906 bits per heavy atom. The third-order valence-electron chi connectivity index (χ3n) is 10.7. The van der Waals surface area contributed by atoms with E-state index in [0.717, 1.165) is 25.7 Å². The van der Waals surface area contributed by atoms with Crippen molar-refractivity contribution in [1.29, 1.82) is 0 Å². The molecule has 0 nitrogen and oxygen atoms in total. The maximum absolute atomic E-state index is 2.60. The Morgan fingerprint density at radius 3 is 1.28 bits per heavy atom. The smallest absolute Gasteiger partial charge is 1.00 e. The molecular formula is C48H46Cl2S2Zr. The monoisotopic (exact) mass is 846 g/mol. The summed E-state index contributed by atoms with van der Waals surface area (Å²) < 4.78 is 0.960. The van der Waals surface area contributed by atoms with Gasteiger partial charge in [0.25, 0.3) is 0 Å². The van der Waals surface area contributed by atoms with E-state index in [1.807, 2.05) is 22.7 Å². The number of rotatable bonds is 12. The quantitative estimate of drug-likeness (QED) is 0.117. The second-order valence-electron chi connectivity index (χ2n) is 14.0. The van der Waals surface area contributed by atoms with E-state index in [1.54, 1.807) is 22.3 Å². The van der Waals surface area contributed by atoms with Crippen LogP contribution in [0.3, 0.4) is 0 Å². The van der Waals surface area contributed by atoms with Gasteiger partial charge in [-0.3, -0.25) is 0 Å². The summed E-state index contributed by atoms with van der Waals surface area (Å²) in [7, 11) is 0. The summed E-state index contributed by atoms with van der Waals surface area (Å²) in [6.07, 6.45) is 12.0. The van der Waals surface area contributed by atoms with Crippen molar-refractivity contribution in [2.75, 3.05) is 0 Å². The molecule has 2 aliphatic rings. The van der Waals surface area contributed by atoms with E-state index in [-0.39, 0.29) is 24.8 Å². The number of thiophene rings is 2. The van der Waals surface area contributed by atoms with Crippen molar-refractivity contribution < 1.29 is 48.0 Å². The van der Waals surface area contributed by atoms with Crippen LogP contribution in [-0.4, -0.2) is 0 Å². The van der Waals surface area contributed by atoms with Crippen LogP contribution in [0.25, 0.3) is 45.6 Å². The van der Waals surface area contributed by atoms with Gasteiger partial charge >= 0.3 is 327 Å². The molecule has 2 atom stereocenters. The van der Waals surface area contributed by atoms with Crippen LogP contribution in [0.2, 0.25) is 0 Å². The molecule has 2 heterocycles. The number of aryl methyl sites for hydroxylation is 4. The first kappa shape index (κ1) is 39.9. The maximum atomic E-state index is 2.60. The van der Waals surface area contributed by atoms with Gasteiger partial charge in [0.2, 0.25) is 0 Å². The van der Waals surface area contributed by atoms with Crippen LogP contribution in [0.15, 0.2) is 109 Å². The number of hydrogen-bond donors (Lipinski definition) is 0. The van der Waals surface area contributed by atoms with Crippen molar-refractivity contribution in [2.24, 2.45) is 0 Å². The molecule has 5 heteroatoms. The average molecular weight is 849 g/mol. The van der Waals surface area contributed by atoms with Crippen molar-refractivity contribution >= 4 is 46.0 Å². The molecule has 6 aromatic rings. The molecule has 0 saturated carbocycles. The number of fused-ring (bicyclic) bond motifs is 2. The number of hydrogen-bond acceptors (Lipinski definition) is 2. The van der Waals surface area contributed by atoms with Gasteiger partial charge in [-0.25, -0.2) is 0 Å². The van der Waals surface area contributed by atoms with E-state index in [4.69, 9.17) is 0 Å². The van der Waals surface area contributed by atoms with Crippen molar-refractivity contribution in [1.82, 2.24) is 0 Å². The summed E-state index contributed by atoms with van der Waals surface area (Å²) in [5.74, 6) is 0. The van der Waals surface area contributed by atoms with Gasteiger partial charge in [0.05, 0.1) is 0 Å². The summed E-state index contributed by atoms with van der Waals surface area (Å²) in [4.78, 5) is 5.97. The number of benzene rings is 4. The van der Waals surface area contributed by atoms with Crippen molar-refractivity contribution in [3.63, 3.8) is 0 Å². The van der Waals surface area contributed by atoms with E-state index >= 15 is 0 Å². The Morgan fingerprint density at radius 1 is 0.491 bits per heavy atom. The van der Waals surface area contributed by atoms with Gasteiger partial charge in [0.1, 0.15) is 0 Å². The van der Waals surface area contributed by atoms with E-state index < -0.39 is 23.2 Å². The minimum Gasteiger partial charge on any atom is -1.00 e. The zero-order valence-corrected chi connectivity index (χ0v) is 36.6. The molecule has 2 unspecified atom stereocenters. The van der Waals surface area contributed by atoms with Gasteiger partial charge < -0.3 is 24.8 Å². The Kier molecular flexibility index (Phi) is 13.4. The van der Waals surface area contributed by atoms with Crippen LogP contribution in [0.4, 0.5) is 0 Å². The molecule has 0 radical (unpaired) electrons. The first-order valence-electron chi connectivity index (χ1n) is 18.9. The molecule has 268 valence electrons. The maximum Gasteiger partial charge on any atom is -1.00 e. The molecule has 0 amide bonds. The predicted molar refractivity (Wildman–Crippen MR) is 220 cm³/mol. The zero-order valence-electron chi connectivity index (χ0n) is 31.0. The molecule has 0 bridgehead atoms. The van der Waals surface area contributed by atoms with E-state index in [0.29, 0.717) is 7.25 Å². The van der Waals surface area contributed by atoms with Gasteiger partial charge in [-0.1, -0.05) is 0 Å². The van der Waals surface area contributed by atoms with E-state index in [2.05, 4.69) is 149 Å². The summed E-state index contributed by atoms with van der Waals surface area (Å²) >= 11 is 2.88. The summed E-state index contributed by atoms with van der Waals surface area (Å²) in [5.41, 5.74) is 17.3. The molecule has 0 saturated heterocycles. The molecule has 0 spiro atoms.